The number of amides is 3. The predicted molar refractivity (Wildman–Crippen MR) is 120 cm³/mol. The van der Waals surface area contributed by atoms with Gasteiger partial charge in [0.2, 0.25) is 5.91 Å². The standard InChI is InChI=1S/C24H24N4O4/c1-27-13-18(17-4-2-3-5-19(17)27)20(29)12-25-23(31)24(32)26-16-10-14-6-7-21(30)28-9-8-15(11-16)22(14)28/h2-5,10-11,13,20,29H,6-9,12H2,1H3,(H,25,31)(H,26,32). The SMILES string of the molecule is Cn1cc(C(O)CNC(=O)C(=O)Nc2cc3c4c(c2)CCN4C(=O)CC3)c2ccccc21. The molecule has 3 amide bonds. The van der Waals surface area contributed by atoms with E-state index in [4.69, 9.17) is 0 Å². The van der Waals surface area contributed by atoms with Crippen LogP contribution >= 0.6 is 0 Å². The molecule has 0 spiro atoms. The number of nitrogens with zero attached hydrogens (tertiary/aromatic N) is 2. The third kappa shape index (κ3) is 3.42. The molecule has 8 heteroatoms. The van der Waals surface area contributed by atoms with Gasteiger partial charge < -0.3 is 25.2 Å². The van der Waals surface area contributed by atoms with Crippen LogP contribution in [0.25, 0.3) is 10.9 Å². The number of anilines is 2. The Morgan fingerprint density at radius 1 is 1.09 bits per heavy atom. The maximum Gasteiger partial charge on any atom is 0.313 e. The highest BCUT2D eigenvalue weighted by Crippen LogP contribution is 2.38. The van der Waals surface area contributed by atoms with Gasteiger partial charge in [-0.3, -0.25) is 14.4 Å². The van der Waals surface area contributed by atoms with Crippen LogP contribution in [-0.4, -0.2) is 40.5 Å². The smallest absolute Gasteiger partial charge is 0.313 e. The van der Waals surface area contributed by atoms with Crippen molar-refractivity contribution in [3.8, 4) is 0 Å². The molecule has 3 N–H and O–H groups in total. The topological polar surface area (TPSA) is 104 Å². The van der Waals surface area contributed by atoms with Gasteiger partial charge in [0.05, 0.1) is 11.8 Å². The number of carbonyl (C=O) groups excluding carboxylic acids is 3. The lowest BCUT2D eigenvalue weighted by atomic mass is 9.98. The molecule has 0 fully saturated rings. The van der Waals surface area contributed by atoms with Gasteiger partial charge in [-0.25, -0.2) is 0 Å². The molecule has 0 radical (unpaired) electrons. The molecule has 0 aliphatic carbocycles. The van der Waals surface area contributed by atoms with Gasteiger partial charge in [0.1, 0.15) is 0 Å². The second kappa shape index (κ2) is 7.80. The largest absolute Gasteiger partial charge is 0.386 e. The molecule has 1 unspecified atom stereocenters. The summed E-state index contributed by atoms with van der Waals surface area (Å²) in [6, 6.07) is 11.3. The monoisotopic (exact) mass is 432 g/mol. The van der Waals surface area contributed by atoms with Gasteiger partial charge in [-0.05, 0) is 42.2 Å². The average Bonchev–Trinajstić information content (AvgIpc) is 3.37. The Morgan fingerprint density at radius 3 is 2.66 bits per heavy atom. The second-order valence-electron chi connectivity index (χ2n) is 8.33. The van der Waals surface area contributed by atoms with Gasteiger partial charge in [0, 0.05) is 54.9 Å². The molecule has 8 nitrogen and oxygen atoms in total. The molecule has 0 saturated carbocycles. The Bertz CT molecular complexity index is 1260. The molecule has 3 aromatic rings. The molecule has 0 bridgehead atoms. The van der Waals surface area contributed by atoms with Crippen LogP contribution < -0.4 is 15.5 Å². The number of aromatic nitrogens is 1. The molecule has 3 heterocycles. The summed E-state index contributed by atoms with van der Waals surface area (Å²) in [5.74, 6) is -1.46. The fourth-order valence-corrected chi connectivity index (χ4v) is 4.74. The fourth-order valence-electron chi connectivity index (χ4n) is 4.74. The van der Waals surface area contributed by atoms with Crippen molar-refractivity contribution < 1.29 is 19.5 Å². The quantitative estimate of drug-likeness (QED) is 0.547. The number of hydrogen-bond acceptors (Lipinski definition) is 4. The summed E-state index contributed by atoms with van der Waals surface area (Å²) in [5.41, 5.74) is 5.21. The molecule has 2 aliphatic rings. The van der Waals surface area contributed by atoms with Crippen LogP contribution in [0.4, 0.5) is 11.4 Å². The Balaban J connectivity index is 1.24. The Labute approximate surface area is 184 Å². The summed E-state index contributed by atoms with van der Waals surface area (Å²) in [6.07, 6.45) is 2.71. The molecule has 2 aliphatic heterocycles. The second-order valence-corrected chi connectivity index (χ2v) is 8.33. The fraction of sp³-hybridized carbons (Fsp3) is 0.292. The highest BCUT2D eigenvalue weighted by Gasteiger charge is 2.31. The van der Waals surface area contributed by atoms with Gasteiger partial charge in [-0.1, -0.05) is 18.2 Å². The minimum absolute atomic E-state index is 0.0766. The molecule has 2 aromatic carbocycles. The van der Waals surface area contributed by atoms with E-state index in [2.05, 4.69) is 10.6 Å². The van der Waals surface area contributed by atoms with Crippen LogP contribution in [-0.2, 0) is 34.3 Å². The average molecular weight is 432 g/mol. The van der Waals surface area contributed by atoms with E-state index >= 15 is 0 Å². The normalized spacial score (nSPS) is 15.6. The van der Waals surface area contributed by atoms with Gasteiger partial charge in [0.25, 0.3) is 0 Å². The molecule has 0 saturated heterocycles. The molecule has 1 aromatic heterocycles. The van der Waals surface area contributed by atoms with Gasteiger partial charge in [-0.2, -0.15) is 0 Å². The first-order chi connectivity index (χ1) is 15.4. The number of rotatable bonds is 4. The van der Waals surface area contributed by atoms with E-state index in [1.807, 2.05) is 54.2 Å². The number of aliphatic hydroxyl groups is 1. The van der Waals surface area contributed by atoms with E-state index in [-0.39, 0.29) is 12.5 Å². The zero-order valence-corrected chi connectivity index (χ0v) is 17.7. The first-order valence-electron chi connectivity index (χ1n) is 10.7. The molecule has 164 valence electrons. The highest BCUT2D eigenvalue weighted by molar-refractivity contribution is 6.39. The van der Waals surface area contributed by atoms with Crippen molar-refractivity contribution in [2.75, 3.05) is 23.3 Å². The zero-order valence-electron chi connectivity index (χ0n) is 17.7. The van der Waals surface area contributed by atoms with E-state index in [1.54, 1.807) is 4.90 Å². The van der Waals surface area contributed by atoms with Crippen LogP contribution in [0.2, 0.25) is 0 Å². The maximum atomic E-state index is 12.4. The first kappa shape index (κ1) is 20.3. The van der Waals surface area contributed by atoms with Crippen LogP contribution in [0, 0.1) is 0 Å². The molecule has 32 heavy (non-hydrogen) atoms. The highest BCUT2D eigenvalue weighted by atomic mass is 16.3. The molecular weight excluding hydrogens is 408 g/mol. The number of benzene rings is 2. The molecule has 5 rings (SSSR count). The lowest BCUT2D eigenvalue weighted by molar-refractivity contribution is -0.136. The lowest BCUT2D eigenvalue weighted by Crippen LogP contribution is -2.37. The number of aliphatic hydroxyl groups excluding tert-OH is 1. The third-order valence-corrected chi connectivity index (χ3v) is 6.26. The summed E-state index contributed by atoms with van der Waals surface area (Å²) >= 11 is 0. The summed E-state index contributed by atoms with van der Waals surface area (Å²) in [5, 5.41) is 16.7. The van der Waals surface area contributed by atoms with Crippen molar-refractivity contribution in [2.24, 2.45) is 7.05 Å². The maximum absolute atomic E-state index is 12.4. The van der Waals surface area contributed by atoms with Crippen molar-refractivity contribution >= 4 is 40.0 Å². The summed E-state index contributed by atoms with van der Waals surface area (Å²) in [6.45, 7) is 0.581. The van der Waals surface area contributed by atoms with Crippen LogP contribution in [0.15, 0.2) is 42.6 Å². The number of hydrogen-bond donors (Lipinski definition) is 3. The van der Waals surface area contributed by atoms with Crippen molar-refractivity contribution in [3.63, 3.8) is 0 Å². The van der Waals surface area contributed by atoms with Crippen LogP contribution in [0.5, 0.6) is 0 Å². The van der Waals surface area contributed by atoms with Crippen molar-refractivity contribution in [1.29, 1.82) is 0 Å². The van der Waals surface area contributed by atoms with Gasteiger partial charge >= 0.3 is 11.8 Å². The number of nitrogens with one attached hydrogen (secondary N) is 2. The third-order valence-electron chi connectivity index (χ3n) is 6.26. The van der Waals surface area contributed by atoms with Crippen LogP contribution in [0.1, 0.15) is 29.2 Å². The number of aryl methyl sites for hydroxylation is 2. The Morgan fingerprint density at radius 2 is 1.84 bits per heavy atom. The molecule has 1 atom stereocenters. The number of para-hydroxylation sites is 1. The van der Waals surface area contributed by atoms with E-state index < -0.39 is 17.9 Å². The van der Waals surface area contributed by atoms with E-state index in [9.17, 15) is 19.5 Å². The van der Waals surface area contributed by atoms with Crippen LogP contribution in [0.3, 0.4) is 0 Å². The predicted octanol–water partition coefficient (Wildman–Crippen LogP) is 1.80. The lowest BCUT2D eigenvalue weighted by Gasteiger charge is -2.25. The summed E-state index contributed by atoms with van der Waals surface area (Å²) in [4.78, 5) is 38.7. The summed E-state index contributed by atoms with van der Waals surface area (Å²) in [7, 11) is 1.89. The number of carbonyl (C=O) groups is 3. The summed E-state index contributed by atoms with van der Waals surface area (Å²) < 4.78 is 1.91. The first-order valence-corrected chi connectivity index (χ1v) is 10.7. The number of fused-ring (bicyclic) bond motifs is 1. The molecular formula is C24H24N4O4. The minimum Gasteiger partial charge on any atom is -0.386 e. The van der Waals surface area contributed by atoms with Crippen molar-refractivity contribution in [2.45, 2.75) is 25.4 Å². The van der Waals surface area contributed by atoms with E-state index in [1.165, 1.54) is 0 Å². The zero-order chi connectivity index (χ0) is 22.4. The Hall–Kier alpha value is -3.65. The van der Waals surface area contributed by atoms with Crippen molar-refractivity contribution in [3.05, 3.63) is 59.3 Å². The van der Waals surface area contributed by atoms with Gasteiger partial charge in [-0.15, -0.1) is 0 Å². The van der Waals surface area contributed by atoms with E-state index in [0.717, 1.165) is 34.1 Å². The Kier molecular flexibility index (Phi) is 4.94. The van der Waals surface area contributed by atoms with Gasteiger partial charge in [0.15, 0.2) is 0 Å². The minimum atomic E-state index is -0.939. The van der Waals surface area contributed by atoms with E-state index in [0.29, 0.717) is 30.6 Å². The van der Waals surface area contributed by atoms with Crippen molar-refractivity contribution in [1.82, 2.24) is 9.88 Å².